The third-order valence-electron chi connectivity index (χ3n) is 4.63. The van der Waals surface area contributed by atoms with E-state index in [0.717, 1.165) is 19.5 Å². The van der Waals surface area contributed by atoms with Crippen molar-refractivity contribution in [1.82, 2.24) is 14.6 Å². The number of para-hydroxylation sites is 1. The first kappa shape index (κ1) is 15.6. The largest absolute Gasteiger partial charge is 0.462 e. The van der Waals surface area contributed by atoms with Gasteiger partial charge in [0.1, 0.15) is 5.56 Å². The van der Waals surface area contributed by atoms with Crippen molar-refractivity contribution in [1.29, 1.82) is 0 Å². The summed E-state index contributed by atoms with van der Waals surface area (Å²) in [5.41, 5.74) is 2.86. The van der Waals surface area contributed by atoms with Gasteiger partial charge in [-0.2, -0.15) is 5.10 Å². The fourth-order valence-corrected chi connectivity index (χ4v) is 3.34. The molecule has 25 heavy (non-hydrogen) atoms. The molecule has 1 aliphatic heterocycles. The van der Waals surface area contributed by atoms with Crippen LogP contribution in [0.15, 0.2) is 48.8 Å². The van der Waals surface area contributed by atoms with Gasteiger partial charge in [-0.1, -0.05) is 18.2 Å². The minimum absolute atomic E-state index is 0.343. The van der Waals surface area contributed by atoms with E-state index in [4.69, 9.17) is 4.74 Å². The van der Waals surface area contributed by atoms with Gasteiger partial charge in [0, 0.05) is 37.1 Å². The number of ether oxygens (including phenoxy) is 1. The lowest BCUT2D eigenvalue weighted by Crippen LogP contribution is -2.22. The molecule has 0 saturated carbocycles. The molecule has 128 valence electrons. The SMILES string of the molecule is Cc1nn2cccnc2c1C(=O)OCC1CCN(c2ccccc2)C1. The minimum atomic E-state index is -0.343. The van der Waals surface area contributed by atoms with Crippen LogP contribution >= 0.6 is 0 Å². The highest BCUT2D eigenvalue weighted by atomic mass is 16.5. The molecule has 3 aromatic rings. The third-order valence-corrected chi connectivity index (χ3v) is 4.63. The number of esters is 1. The van der Waals surface area contributed by atoms with E-state index in [1.165, 1.54) is 5.69 Å². The van der Waals surface area contributed by atoms with Crippen molar-refractivity contribution in [2.24, 2.45) is 5.92 Å². The molecule has 0 aliphatic carbocycles. The zero-order valence-corrected chi connectivity index (χ0v) is 14.1. The smallest absolute Gasteiger partial charge is 0.343 e. The normalized spacial score (nSPS) is 17.2. The number of carbonyl (C=O) groups is 1. The van der Waals surface area contributed by atoms with Crippen molar-refractivity contribution in [2.45, 2.75) is 13.3 Å². The number of fused-ring (bicyclic) bond motifs is 1. The molecule has 1 saturated heterocycles. The number of nitrogens with zero attached hydrogens (tertiary/aromatic N) is 4. The van der Waals surface area contributed by atoms with Crippen molar-refractivity contribution >= 4 is 17.3 Å². The average Bonchev–Trinajstić information content (AvgIpc) is 3.24. The second-order valence-electron chi connectivity index (χ2n) is 6.38. The van der Waals surface area contributed by atoms with E-state index in [-0.39, 0.29) is 5.97 Å². The second-order valence-corrected chi connectivity index (χ2v) is 6.38. The van der Waals surface area contributed by atoms with Gasteiger partial charge in [0.25, 0.3) is 0 Å². The lowest BCUT2D eigenvalue weighted by molar-refractivity contribution is 0.0452. The summed E-state index contributed by atoms with van der Waals surface area (Å²) in [6.45, 7) is 4.12. The summed E-state index contributed by atoms with van der Waals surface area (Å²) in [5.74, 6) is 0.00335. The standard InChI is InChI=1S/C19H20N4O2/c1-14-17(18-20-9-5-10-23(18)21-14)19(24)25-13-15-8-11-22(12-15)16-6-3-2-4-7-16/h2-7,9-10,15H,8,11-13H2,1H3. The summed E-state index contributed by atoms with van der Waals surface area (Å²) in [6, 6.07) is 12.1. The predicted molar refractivity (Wildman–Crippen MR) is 94.8 cm³/mol. The number of aromatic nitrogens is 3. The number of benzene rings is 1. The molecular formula is C19H20N4O2. The Morgan fingerprint density at radius 2 is 2.12 bits per heavy atom. The summed E-state index contributed by atoms with van der Waals surface area (Å²) in [7, 11) is 0. The van der Waals surface area contributed by atoms with E-state index in [9.17, 15) is 4.79 Å². The number of hydrogen-bond acceptors (Lipinski definition) is 5. The first-order valence-electron chi connectivity index (χ1n) is 8.49. The molecule has 0 N–H and O–H groups in total. The Labute approximate surface area is 146 Å². The van der Waals surface area contributed by atoms with Crippen molar-refractivity contribution in [3.63, 3.8) is 0 Å². The quantitative estimate of drug-likeness (QED) is 0.686. The van der Waals surface area contributed by atoms with E-state index >= 15 is 0 Å². The van der Waals surface area contributed by atoms with Gasteiger partial charge >= 0.3 is 5.97 Å². The van der Waals surface area contributed by atoms with Crippen LogP contribution in [0.4, 0.5) is 5.69 Å². The monoisotopic (exact) mass is 336 g/mol. The maximum Gasteiger partial charge on any atom is 0.343 e. The molecule has 0 spiro atoms. The third kappa shape index (κ3) is 3.07. The molecule has 1 unspecified atom stereocenters. The van der Waals surface area contributed by atoms with Gasteiger partial charge in [-0.3, -0.25) is 0 Å². The first-order valence-corrected chi connectivity index (χ1v) is 8.49. The zero-order valence-electron chi connectivity index (χ0n) is 14.1. The Morgan fingerprint density at radius 1 is 1.28 bits per heavy atom. The highest BCUT2D eigenvalue weighted by Gasteiger charge is 2.26. The second kappa shape index (κ2) is 6.55. The van der Waals surface area contributed by atoms with E-state index in [1.54, 1.807) is 29.9 Å². The van der Waals surface area contributed by atoms with Crippen LogP contribution in [0.25, 0.3) is 5.65 Å². The highest BCUT2D eigenvalue weighted by molar-refractivity contribution is 5.97. The van der Waals surface area contributed by atoms with E-state index < -0.39 is 0 Å². The number of hydrogen-bond donors (Lipinski definition) is 0. The summed E-state index contributed by atoms with van der Waals surface area (Å²) < 4.78 is 7.19. The van der Waals surface area contributed by atoms with Gasteiger partial charge in [-0.05, 0) is 31.5 Å². The van der Waals surface area contributed by atoms with Crippen molar-refractivity contribution in [2.75, 3.05) is 24.6 Å². The molecule has 1 atom stereocenters. The molecule has 6 heteroatoms. The Balaban J connectivity index is 1.40. The Hall–Kier alpha value is -2.89. The maximum absolute atomic E-state index is 12.5. The summed E-state index contributed by atoms with van der Waals surface area (Å²) in [6.07, 6.45) is 4.46. The molecule has 0 amide bonds. The van der Waals surface area contributed by atoms with E-state index in [0.29, 0.717) is 29.4 Å². The predicted octanol–water partition coefficient (Wildman–Crippen LogP) is 2.72. The van der Waals surface area contributed by atoms with Crippen LogP contribution in [0.1, 0.15) is 22.5 Å². The lowest BCUT2D eigenvalue weighted by atomic mass is 10.1. The van der Waals surface area contributed by atoms with Crippen molar-refractivity contribution < 1.29 is 9.53 Å². The molecule has 4 rings (SSSR count). The average molecular weight is 336 g/mol. The Kier molecular flexibility index (Phi) is 4.09. The fourth-order valence-electron chi connectivity index (χ4n) is 3.34. The van der Waals surface area contributed by atoms with Crippen LogP contribution in [0, 0.1) is 12.8 Å². The molecular weight excluding hydrogens is 316 g/mol. The van der Waals surface area contributed by atoms with Crippen LogP contribution in [-0.2, 0) is 4.74 Å². The Morgan fingerprint density at radius 3 is 2.96 bits per heavy atom. The van der Waals surface area contributed by atoms with Gasteiger partial charge < -0.3 is 9.64 Å². The number of carbonyl (C=O) groups excluding carboxylic acids is 1. The first-order chi connectivity index (χ1) is 12.2. The maximum atomic E-state index is 12.5. The topological polar surface area (TPSA) is 59.7 Å². The minimum Gasteiger partial charge on any atom is -0.462 e. The number of rotatable bonds is 4. The molecule has 1 fully saturated rings. The van der Waals surface area contributed by atoms with Crippen molar-refractivity contribution in [3.8, 4) is 0 Å². The molecule has 1 aromatic carbocycles. The molecule has 6 nitrogen and oxygen atoms in total. The van der Waals surface area contributed by atoms with Crippen LogP contribution < -0.4 is 4.90 Å². The van der Waals surface area contributed by atoms with Gasteiger partial charge in [0.15, 0.2) is 5.65 Å². The summed E-state index contributed by atoms with van der Waals surface area (Å²) >= 11 is 0. The molecule has 0 bridgehead atoms. The van der Waals surface area contributed by atoms with Crippen LogP contribution in [0.3, 0.4) is 0 Å². The van der Waals surface area contributed by atoms with E-state index in [2.05, 4.69) is 27.1 Å². The highest BCUT2D eigenvalue weighted by Crippen LogP contribution is 2.24. The number of aryl methyl sites for hydroxylation is 1. The molecule has 1 aliphatic rings. The van der Waals surface area contributed by atoms with Gasteiger partial charge in [-0.15, -0.1) is 0 Å². The van der Waals surface area contributed by atoms with Crippen LogP contribution in [-0.4, -0.2) is 40.3 Å². The summed E-state index contributed by atoms with van der Waals surface area (Å²) in [4.78, 5) is 19.1. The van der Waals surface area contributed by atoms with Crippen LogP contribution in [0.2, 0.25) is 0 Å². The Bertz CT molecular complexity index is 891. The molecule has 0 radical (unpaired) electrons. The van der Waals surface area contributed by atoms with Crippen molar-refractivity contribution in [3.05, 3.63) is 60.0 Å². The zero-order chi connectivity index (χ0) is 17.2. The molecule has 2 aromatic heterocycles. The van der Waals surface area contributed by atoms with Gasteiger partial charge in [-0.25, -0.2) is 14.3 Å². The lowest BCUT2D eigenvalue weighted by Gasteiger charge is -2.18. The fraction of sp³-hybridized carbons (Fsp3) is 0.316. The van der Waals surface area contributed by atoms with E-state index in [1.807, 2.05) is 18.2 Å². The number of anilines is 1. The van der Waals surface area contributed by atoms with Gasteiger partial charge in [0.05, 0.1) is 12.3 Å². The molecule has 3 heterocycles. The van der Waals surface area contributed by atoms with Gasteiger partial charge in [0.2, 0.25) is 0 Å². The summed E-state index contributed by atoms with van der Waals surface area (Å²) in [5, 5.41) is 4.31. The van der Waals surface area contributed by atoms with Crippen LogP contribution in [0.5, 0.6) is 0 Å².